The summed E-state index contributed by atoms with van der Waals surface area (Å²) in [6.45, 7) is 0.854. The van der Waals surface area contributed by atoms with Crippen molar-refractivity contribution in [1.29, 1.82) is 0 Å². The van der Waals surface area contributed by atoms with Crippen LogP contribution in [0.3, 0.4) is 0 Å². The van der Waals surface area contributed by atoms with Crippen LogP contribution in [0.2, 0.25) is 0 Å². The molecule has 3 N–H and O–H groups in total. The minimum atomic E-state index is -0.217. The van der Waals surface area contributed by atoms with Gasteiger partial charge in [0, 0.05) is 39.9 Å². The fraction of sp³-hybridized carbons (Fsp3) is 0.333. The van der Waals surface area contributed by atoms with Gasteiger partial charge in [0.1, 0.15) is 6.10 Å². The number of carbonyl (C=O) groups excluding carboxylic acids is 1. The Kier molecular flexibility index (Phi) is 5.81. The number of hydrogen-bond acceptors (Lipinski definition) is 3. The number of aromatic amines is 1. The van der Waals surface area contributed by atoms with Crippen molar-refractivity contribution in [3.05, 3.63) is 58.3 Å². The molecule has 0 atom stereocenters. The molecule has 3 aromatic rings. The fourth-order valence-electron chi connectivity index (χ4n) is 3.44. The van der Waals surface area contributed by atoms with Gasteiger partial charge in [0.05, 0.1) is 6.54 Å². The van der Waals surface area contributed by atoms with Gasteiger partial charge in [-0.05, 0) is 55.5 Å². The molecule has 0 bridgehead atoms. The van der Waals surface area contributed by atoms with Crippen LogP contribution in [0, 0.1) is 0 Å². The van der Waals surface area contributed by atoms with Gasteiger partial charge in [-0.3, -0.25) is 0 Å². The van der Waals surface area contributed by atoms with E-state index in [0.29, 0.717) is 25.1 Å². The molecule has 146 valence electrons. The van der Waals surface area contributed by atoms with E-state index in [2.05, 4.69) is 36.5 Å². The average Bonchev–Trinajstić information content (AvgIpc) is 3.35. The number of benzene rings is 1. The van der Waals surface area contributed by atoms with Crippen LogP contribution in [0.5, 0.6) is 5.88 Å². The highest BCUT2D eigenvalue weighted by Gasteiger charge is 2.16. The number of H-pyrrole nitrogens is 1. The van der Waals surface area contributed by atoms with Crippen molar-refractivity contribution in [2.24, 2.45) is 0 Å². The molecule has 0 spiro atoms. The number of carbonyl (C=O) groups is 1. The Morgan fingerprint density at radius 2 is 1.96 bits per heavy atom. The smallest absolute Gasteiger partial charge is 0.315 e. The molecule has 4 rings (SSSR count). The third-order valence-electron chi connectivity index (χ3n) is 4.92. The average molecular weight is 443 g/mol. The van der Waals surface area contributed by atoms with E-state index < -0.39 is 0 Å². The highest BCUT2D eigenvalue weighted by molar-refractivity contribution is 9.10. The maximum Gasteiger partial charge on any atom is 0.315 e. The number of aromatic nitrogens is 2. The van der Waals surface area contributed by atoms with Crippen LogP contribution >= 0.6 is 15.9 Å². The summed E-state index contributed by atoms with van der Waals surface area (Å²) in [6, 6.07) is 11.7. The van der Waals surface area contributed by atoms with Crippen LogP contribution in [-0.2, 0) is 13.1 Å². The molecule has 0 radical (unpaired) electrons. The molecule has 1 aliphatic carbocycles. The summed E-state index contributed by atoms with van der Waals surface area (Å²) in [5.74, 6) is 0.658. The van der Waals surface area contributed by atoms with Crippen LogP contribution in [-0.4, -0.2) is 22.1 Å². The van der Waals surface area contributed by atoms with E-state index in [1.807, 2.05) is 36.4 Å². The van der Waals surface area contributed by atoms with Crippen LogP contribution < -0.4 is 15.4 Å². The first-order chi connectivity index (χ1) is 13.7. The van der Waals surface area contributed by atoms with Crippen LogP contribution in [0.4, 0.5) is 4.79 Å². The maximum atomic E-state index is 12.1. The molecule has 6 nitrogen and oxygen atoms in total. The molecule has 0 aliphatic heterocycles. The minimum absolute atomic E-state index is 0.217. The van der Waals surface area contributed by atoms with Gasteiger partial charge in [-0.25, -0.2) is 9.78 Å². The van der Waals surface area contributed by atoms with Gasteiger partial charge in [-0.2, -0.15) is 0 Å². The molecular weight excluding hydrogens is 420 g/mol. The summed E-state index contributed by atoms with van der Waals surface area (Å²) in [4.78, 5) is 19.7. The number of urea groups is 1. The Labute approximate surface area is 172 Å². The first-order valence-corrected chi connectivity index (χ1v) is 10.4. The number of fused-ring (bicyclic) bond motifs is 1. The largest absolute Gasteiger partial charge is 0.474 e. The van der Waals surface area contributed by atoms with Gasteiger partial charge < -0.3 is 20.4 Å². The van der Waals surface area contributed by atoms with Crippen LogP contribution in [0.25, 0.3) is 10.9 Å². The molecular formula is C21H23BrN4O2. The topological polar surface area (TPSA) is 79.0 Å². The lowest BCUT2D eigenvalue weighted by atomic mass is 10.2. The zero-order valence-corrected chi connectivity index (χ0v) is 17.1. The van der Waals surface area contributed by atoms with E-state index >= 15 is 0 Å². The Balaban J connectivity index is 1.23. The molecule has 0 unspecified atom stereocenters. The normalized spacial score (nSPS) is 14.3. The van der Waals surface area contributed by atoms with E-state index in [1.54, 1.807) is 6.20 Å². The summed E-state index contributed by atoms with van der Waals surface area (Å²) < 4.78 is 6.89. The minimum Gasteiger partial charge on any atom is -0.474 e. The van der Waals surface area contributed by atoms with Crippen LogP contribution in [0.15, 0.2) is 47.1 Å². The third-order valence-corrected chi connectivity index (χ3v) is 5.41. The predicted molar refractivity (Wildman–Crippen MR) is 112 cm³/mol. The number of nitrogens with zero attached hydrogens (tertiary/aromatic N) is 1. The summed E-state index contributed by atoms with van der Waals surface area (Å²) in [5.41, 5.74) is 2.94. The first-order valence-electron chi connectivity index (χ1n) is 9.56. The molecule has 7 heteroatoms. The third kappa shape index (κ3) is 4.84. The number of halogens is 1. The molecule has 2 heterocycles. The zero-order chi connectivity index (χ0) is 19.3. The Hall–Kier alpha value is -2.54. The van der Waals surface area contributed by atoms with Gasteiger partial charge in [0.2, 0.25) is 5.88 Å². The number of rotatable bonds is 6. The van der Waals surface area contributed by atoms with Crippen LogP contribution in [0.1, 0.15) is 36.9 Å². The molecule has 2 amide bonds. The molecule has 1 aromatic carbocycles. The SMILES string of the molecule is O=C(NCc1ccc(OC2CCCC2)nc1)NCc1cc2cc(Br)ccc2[nH]1. The van der Waals surface area contributed by atoms with E-state index in [9.17, 15) is 4.79 Å². The van der Waals surface area contributed by atoms with Gasteiger partial charge in [-0.1, -0.05) is 22.0 Å². The first kappa shape index (κ1) is 18.8. The van der Waals surface area contributed by atoms with Crippen molar-refractivity contribution in [2.45, 2.75) is 44.9 Å². The Morgan fingerprint density at radius 1 is 1.14 bits per heavy atom. The quantitative estimate of drug-likeness (QED) is 0.519. The second-order valence-corrected chi connectivity index (χ2v) is 8.01. The van der Waals surface area contributed by atoms with Crippen molar-refractivity contribution in [3.8, 4) is 5.88 Å². The van der Waals surface area contributed by atoms with Crippen molar-refractivity contribution < 1.29 is 9.53 Å². The van der Waals surface area contributed by atoms with Gasteiger partial charge in [-0.15, -0.1) is 0 Å². The maximum absolute atomic E-state index is 12.1. The number of hydrogen-bond donors (Lipinski definition) is 3. The molecule has 1 aliphatic rings. The molecule has 0 saturated heterocycles. The number of ether oxygens (including phenoxy) is 1. The number of nitrogens with one attached hydrogen (secondary N) is 3. The predicted octanol–water partition coefficient (Wildman–Crippen LogP) is 4.65. The van der Waals surface area contributed by atoms with E-state index in [1.165, 1.54) is 12.8 Å². The van der Waals surface area contributed by atoms with Crippen molar-refractivity contribution >= 4 is 32.9 Å². The summed E-state index contributed by atoms with van der Waals surface area (Å²) >= 11 is 3.47. The second-order valence-electron chi connectivity index (χ2n) is 7.09. The van der Waals surface area contributed by atoms with Crippen molar-refractivity contribution in [2.75, 3.05) is 0 Å². The summed E-state index contributed by atoms with van der Waals surface area (Å²) in [7, 11) is 0. The Bertz CT molecular complexity index is 949. The molecule has 1 fully saturated rings. The highest BCUT2D eigenvalue weighted by Crippen LogP contribution is 2.23. The van der Waals surface area contributed by atoms with Gasteiger partial charge in [0.15, 0.2) is 0 Å². The van der Waals surface area contributed by atoms with Gasteiger partial charge in [0.25, 0.3) is 0 Å². The lowest BCUT2D eigenvalue weighted by Gasteiger charge is -2.12. The van der Waals surface area contributed by atoms with E-state index in [4.69, 9.17) is 4.74 Å². The van der Waals surface area contributed by atoms with E-state index in [-0.39, 0.29) is 6.03 Å². The van der Waals surface area contributed by atoms with E-state index in [0.717, 1.165) is 39.5 Å². The zero-order valence-electron chi connectivity index (χ0n) is 15.5. The monoisotopic (exact) mass is 442 g/mol. The second kappa shape index (κ2) is 8.65. The Morgan fingerprint density at radius 3 is 2.75 bits per heavy atom. The number of pyridine rings is 1. The number of amides is 2. The molecule has 2 aromatic heterocycles. The van der Waals surface area contributed by atoms with Gasteiger partial charge >= 0.3 is 6.03 Å². The standard InChI is InChI=1S/C21H23BrN4O2/c22-16-6-7-19-15(9-16)10-17(26-19)13-25-21(27)24-12-14-5-8-20(23-11-14)28-18-3-1-2-4-18/h5-11,18,26H,1-4,12-13H2,(H2,24,25,27). The van der Waals surface area contributed by atoms with Crippen molar-refractivity contribution in [3.63, 3.8) is 0 Å². The lowest BCUT2D eigenvalue weighted by Crippen LogP contribution is -2.34. The summed E-state index contributed by atoms with van der Waals surface area (Å²) in [5, 5.41) is 6.83. The summed E-state index contributed by atoms with van der Waals surface area (Å²) in [6.07, 6.45) is 6.74. The lowest BCUT2D eigenvalue weighted by molar-refractivity contribution is 0.201. The highest BCUT2D eigenvalue weighted by atomic mass is 79.9. The molecule has 1 saturated carbocycles. The van der Waals surface area contributed by atoms with Crippen molar-refractivity contribution in [1.82, 2.24) is 20.6 Å². The fourth-order valence-corrected chi connectivity index (χ4v) is 3.82. The molecule has 28 heavy (non-hydrogen) atoms.